The van der Waals surface area contributed by atoms with Crippen molar-refractivity contribution < 1.29 is 14.3 Å². The van der Waals surface area contributed by atoms with E-state index in [0.29, 0.717) is 54.0 Å². The van der Waals surface area contributed by atoms with Crippen molar-refractivity contribution in [1.29, 1.82) is 0 Å². The number of hydrogen-bond donors (Lipinski definition) is 1. The second-order valence-electron chi connectivity index (χ2n) is 6.20. The number of piperazine rings is 1. The number of hydrogen-bond acceptors (Lipinski definition) is 5. The van der Waals surface area contributed by atoms with Crippen LogP contribution in [0.25, 0.3) is 0 Å². The number of methoxy groups -OCH3 is 1. The highest BCUT2D eigenvalue weighted by Gasteiger charge is 2.23. The number of aromatic nitrogens is 1. The van der Waals surface area contributed by atoms with Crippen LogP contribution in [0.5, 0.6) is 5.75 Å². The summed E-state index contributed by atoms with van der Waals surface area (Å²) in [7, 11) is 1.57. The standard InChI is InChI=1S/C19H21ClN4O3/c1-13(25)23-7-9-24(10-8-23)19(26)14-5-6-21-18(11-14)22-16-12-15(20)3-4-17(16)27-2/h3-6,11-12H,7-10H2,1-2H3,(H,21,22). The van der Waals surface area contributed by atoms with Crippen molar-refractivity contribution in [2.24, 2.45) is 0 Å². The highest BCUT2D eigenvalue weighted by atomic mass is 35.5. The number of amides is 2. The molecule has 7 nitrogen and oxygen atoms in total. The lowest BCUT2D eigenvalue weighted by Crippen LogP contribution is -2.50. The molecule has 0 radical (unpaired) electrons. The largest absolute Gasteiger partial charge is 0.495 e. The van der Waals surface area contributed by atoms with Gasteiger partial charge in [-0.3, -0.25) is 9.59 Å². The van der Waals surface area contributed by atoms with Crippen LogP contribution in [0.2, 0.25) is 5.02 Å². The fourth-order valence-electron chi connectivity index (χ4n) is 2.95. The summed E-state index contributed by atoms with van der Waals surface area (Å²) in [6, 6.07) is 8.60. The maximum Gasteiger partial charge on any atom is 0.254 e. The number of carbonyl (C=O) groups excluding carboxylic acids is 2. The Labute approximate surface area is 162 Å². The van der Waals surface area contributed by atoms with Gasteiger partial charge in [0.25, 0.3) is 5.91 Å². The number of nitrogens with one attached hydrogen (secondary N) is 1. The summed E-state index contributed by atoms with van der Waals surface area (Å²) >= 11 is 6.05. The summed E-state index contributed by atoms with van der Waals surface area (Å²) in [5, 5.41) is 3.70. The van der Waals surface area contributed by atoms with Gasteiger partial charge in [-0.25, -0.2) is 4.98 Å². The van der Waals surface area contributed by atoms with Gasteiger partial charge < -0.3 is 19.9 Å². The van der Waals surface area contributed by atoms with E-state index in [2.05, 4.69) is 10.3 Å². The average molecular weight is 389 g/mol. The van der Waals surface area contributed by atoms with Crippen LogP contribution in [-0.4, -0.2) is 59.9 Å². The zero-order valence-electron chi connectivity index (χ0n) is 15.2. The number of nitrogens with zero attached hydrogens (tertiary/aromatic N) is 3. The molecule has 0 spiro atoms. The summed E-state index contributed by atoms with van der Waals surface area (Å²) < 4.78 is 5.32. The molecule has 1 aliphatic heterocycles. The van der Waals surface area contributed by atoms with E-state index in [4.69, 9.17) is 16.3 Å². The van der Waals surface area contributed by atoms with Gasteiger partial charge in [-0.2, -0.15) is 0 Å². The molecule has 3 rings (SSSR count). The third-order valence-electron chi connectivity index (χ3n) is 4.44. The summed E-state index contributed by atoms with van der Waals surface area (Å²) in [5.74, 6) is 1.09. The fraction of sp³-hybridized carbons (Fsp3) is 0.316. The van der Waals surface area contributed by atoms with E-state index in [1.807, 2.05) is 0 Å². The average Bonchev–Trinajstić information content (AvgIpc) is 2.68. The van der Waals surface area contributed by atoms with Gasteiger partial charge in [-0.05, 0) is 30.3 Å². The van der Waals surface area contributed by atoms with E-state index in [0.717, 1.165) is 0 Å². The minimum absolute atomic E-state index is 0.0352. The van der Waals surface area contributed by atoms with Crippen molar-refractivity contribution >= 4 is 34.9 Å². The molecular formula is C19H21ClN4O3. The molecule has 0 aliphatic carbocycles. The molecule has 1 fully saturated rings. The van der Waals surface area contributed by atoms with Gasteiger partial charge in [0.1, 0.15) is 11.6 Å². The first-order valence-corrected chi connectivity index (χ1v) is 8.97. The number of rotatable bonds is 4. The van der Waals surface area contributed by atoms with Crippen molar-refractivity contribution in [3.8, 4) is 5.75 Å². The minimum Gasteiger partial charge on any atom is -0.495 e. The van der Waals surface area contributed by atoms with E-state index < -0.39 is 0 Å². The zero-order valence-corrected chi connectivity index (χ0v) is 16.0. The summed E-state index contributed by atoms with van der Waals surface area (Å²) in [4.78, 5) is 32.0. The minimum atomic E-state index is -0.0817. The van der Waals surface area contributed by atoms with Crippen LogP contribution in [-0.2, 0) is 4.79 Å². The van der Waals surface area contributed by atoms with E-state index in [1.54, 1.807) is 60.4 Å². The van der Waals surface area contributed by atoms with Crippen molar-refractivity contribution in [1.82, 2.24) is 14.8 Å². The Hall–Kier alpha value is -2.80. The zero-order chi connectivity index (χ0) is 19.4. The maximum absolute atomic E-state index is 12.8. The van der Waals surface area contributed by atoms with Crippen LogP contribution in [0.1, 0.15) is 17.3 Å². The Kier molecular flexibility index (Phi) is 5.81. The van der Waals surface area contributed by atoms with Crippen molar-refractivity contribution in [2.45, 2.75) is 6.92 Å². The number of halogens is 1. The van der Waals surface area contributed by atoms with Gasteiger partial charge >= 0.3 is 0 Å². The van der Waals surface area contributed by atoms with Crippen LogP contribution in [0.4, 0.5) is 11.5 Å². The number of carbonyl (C=O) groups is 2. The number of benzene rings is 1. The molecule has 2 amide bonds. The first-order valence-electron chi connectivity index (χ1n) is 8.59. The molecule has 1 aliphatic rings. The molecule has 2 aromatic rings. The Morgan fingerprint density at radius 1 is 1.11 bits per heavy atom. The molecule has 27 heavy (non-hydrogen) atoms. The van der Waals surface area contributed by atoms with Crippen LogP contribution >= 0.6 is 11.6 Å². The molecule has 1 aromatic heterocycles. The lowest BCUT2D eigenvalue weighted by Gasteiger charge is -2.34. The third-order valence-corrected chi connectivity index (χ3v) is 4.68. The van der Waals surface area contributed by atoms with Gasteiger partial charge in [-0.15, -0.1) is 0 Å². The topological polar surface area (TPSA) is 74.8 Å². The summed E-state index contributed by atoms with van der Waals surface area (Å²) in [6.45, 7) is 3.69. The maximum atomic E-state index is 12.8. The predicted octanol–water partition coefficient (Wildman–Crippen LogP) is 2.79. The molecule has 2 heterocycles. The molecular weight excluding hydrogens is 368 g/mol. The molecule has 0 bridgehead atoms. The molecule has 0 atom stereocenters. The van der Waals surface area contributed by atoms with Crippen LogP contribution < -0.4 is 10.1 Å². The summed E-state index contributed by atoms with van der Waals surface area (Å²) in [5.41, 5.74) is 1.20. The van der Waals surface area contributed by atoms with Crippen LogP contribution in [0.3, 0.4) is 0 Å². The highest BCUT2D eigenvalue weighted by molar-refractivity contribution is 6.31. The molecule has 0 saturated carbocycles. The van der Waals surface area contributed by atoms with Gasteiger partial charge in [0.05, 0.1) is 12.8 Å². The van der Waals surface area contributed by atoms with Gasteiger partial charge in [-0.1, -0.05) is 11.6 Å². The van der Waals surface area contributed by atoms with Gasteiger partial charge in [0.2, 0.25) is 5.91 Å². The number of pyridine rings is 1. The van der Waals surface area contributed by atoms with Crippen molar-refractivity contribution in [2.75, 3.05) is 38.6 Å². The third kappa shape index (κ3) is 4.49. The number of ether oxygens (including phenoxy) is 1. The summed E-state index contributed by atoms with van der Waals surface area (Å²) in [6.07, 6.45) is 1.58. The smallest absolute Gasteiger partial charge is 0.254 e. The number of anilines is 2. The highest BCUT2D eigenvalue weighted by Crippen LogP contribution is 2.30. The normalized spacial score (nSPS) is 14.0. The first kappa shape index (κ1) is 19.0. The SMILES string of the molecule is COc1ccc(Cl)cc1Nc1cc(C(=O)N2CCN(C(C)=O)CC2)ccn1. The quantitative estimate of drug-likeness (QED) is 0.871. The Bertz CT molecular complexity index is 851. The fourth-order valence-corrected chi connectivity index (χ4v) is 3.13. The van der Waals surface area contributed by atoms with Crippen molar-refractivity contribution in [3.63, 3.8) is 0 Å². The first-order chi connectivity index (χ1) is 13.0. The monoisotopic (exact) mass is 388 g/mol. The molecule has 0 unspecified atom stereocenters. The molecule has 142 valence electrons. The van der Waals surface area contributed by atoms with E-state index >= 15 is 0 Å². The van der Waals surface area contributed by atoms with Crippen LogP contribution in [0.15, 0.2) is 36.5 Å². The second kappa shape index (κ2) is 8.26. The van der Waals surface area contributed by atoms with E-state index in [-0.39, 0.29) is 11.8 Å². The molecule has 1 aromatic carbocycles. The second-order valence-corrected chi connectivity index (χ2v) is 6.63. The van der Waals surface area contributed by atoms with E-state index in [1.165, 1.54) is 0 Å². The van der Waals surface area contributed by atoms with Gasteiger partial charge in [0, 0.05) is 49.9 Å². The van der Waals surface area contributed by atoms with Crippen LogP contribution in [0, 0.1) is 0 Å². The van der Waals surface area contributed by atoms with Crippen molar-refractivity contribution in [3.05, 3.63) is 47.1 Å². The van der Waals surface area contributed by atoms with E-state index in [9.17, 15) is 9.59 Å². The Balaban J connectivity index is 1.73. The Morgan fingerprint density at radius 3 is 2.48 bits per heavy atom. The predicted molar refractivity (Wildman–Crippen MR) is 104 cm³/mol. The molecule has 8 heteroatoms. The lowest BCUT2D eigenvalue weighted by atomic mass is 10.2. The lowest BCUT2D eigenvalue weighted by molar-refractivity contribution is -0.130. The molecule has 1 N–H and O–H groups in total. The Morgan fingerprint density at radius 2 is 1.81 bits per heavy atom. The molecule has 1 saturated heterocycles. The van der Waals surface area contributed by atoms with Gasteiger partial charge in [0.15, 0.2) is 0 Å².